The first-order valence-electron chi connectivity index (χ1n) is 13.3. The molecule has 0 fully saturated rings. The summed E-state index contributed by atoms with van der Waals surface area (Å²) in [5, 5.41) is 4.45. The fourth-order valence-corrected chi connectivity index (χ4v) is 5.27. The molecule has 0 radical (unpaired) electrons. The van der Waals surface area contributed by atoms with Crippen LogP contribution in [0.25, 0.3) is 5.69 Å². The predicted molar refractivity (Wildman–Crippen MR) is 149 cm³/mol. The number of Topliss-reactive ketones (excluding diaryl/α,β-unsaturated/α-hetero) is 1. The molecule has 5 rings (SSSR count). The first kappa shape index (κ1) is 26.6. The Morgan fingerprint density at radius 3 is 2.41 bits per heavy atom. The molecule has 0 aliphatic carbocycles. The number of fused-ring (bicyclic) bond motifs is 1. The number of ketones is 1. The van der Waals surface area contributed by atoms with Crippen molar-refractivity contribution >= 4 is 11.5 Å². The molecule has 39 heavy (non-hydrogen) atoms. The largest absolute Gasteiger partial charge is 0.369 e. The van der Waals surface area contributed by atoms with Gasteiger partial charge in [0.2, 0.25) is 0 Å². The highest BCUT2D eigenvalue weighted by molar-refractivity contribution is 6.08. The number of carbonyl (C=O) groups is 1. The van der Waals surface area contributed by atoms with Crippen molar-refractivity contribution in [2.24, 2.45) is 0 Å². The Morgan fingerprint density at radius 2 is 1.72 bits per heavy atom. The lowest BCUT2D eigenvalue weighted by Crippen LogP contribution is -2.42. The Hall–Kier alpha value is -4.04. The van der Waals surface area contributed by atoms with Crippen LogP contribution in [0, 0.1) is 12.7 Å². The summed E-state index contributed by atoms with van der Waals surface area (Å²) in [5.74, 6) is -0.785. The number of carbonyl (C=O) groups excluding carboxylic acids is 1. The van der Waals surface area contributed by atoms with Crippen molar-refractivity contribution in [1.82, 2.24) is 14.3 Å². The van der Waals surface area contributed by atoms with E-state index in [0.29, 0.717) is 36.8 Å². The summed E-state index contributed by atoms with van der Waals surface area (Å²) < 4.78 is 24.0. The molecule has 4 aromatic rings. The minimum Gasteiger partial charge on any atom is -0.369 e. The van der Waals surface area contributed by atoms with Gasteiger partial charge in [0.15, 0.2) is 11.6 Å². The van der Waals surface area contributed by atoms with E-state index in [1.807, 2.05) is 82.3 Å². The van der Waals surface area contributed by atoms with Crippen LogP contribution in [0.3, 0.4) is 0 Å². The van der Waals surface area contributed by atoms with Crippen molar-refractivity contribution in [2.75, 3.05) is 11.4 Å². The molecule has 1 atom stereocenters. The second kappa shape index (κ2) is 11.0. The molecule has 1 unspecified atom stereocenters. The monoisotopic (exact) mass is 528 g/mol. The number of benzene rings is 3. The Kier molecular flexibility index (Phi) is 7.48. The van der Waals surface area contributed by atoms with Gasteiger partial charge in [-0.15, -0.1) is 5.10 Å². The zero-order valence-corrected chi connectivity index (χ0v) is 22.7. The van der Waals surface area contributed by atoms with Crippen LogP contribution >= 0.6 is 0 Å². The maximum absolute atomic E-state index is 15.7. The minimum absolute atomic E-state index is 0.0167. The molecule has 1 aromatic heterocycles. The van der Waals surface area contributed by atoms with Gasteiger partial charge < -0.3 is 9.64 Å². The van der Waals surface area contributed by atoms with Crippen molar-refractivity contribution in [3.05, 3.63) is 111 Å². The second-order valence-corrected chi connectivity index (χ2v) is 10.2. The predicted octanol–water partition coefficient (Wildman–Crippen LogP) is 5.41. The Labute approximate surface area is 227 Å². The lowest BCUT2D eigenvalue weighted by atomic mass is 9.83. The van der Waals surface area contributed by atoms with E-state index in [1.54, 1.807) is 6.07 Å². The van der Waals surface area contributed by atoms with Gasteiger partial charge in [-0.2, -0.15) is 4.68 Å². The van der Waals surface area contributed by atoms with E-state index in [-0.39, 0.29) is 24.1 Å². The van der Waals surface area contributed by atoms with Crippen molar-refractivity contribution in [3.8, 4) is 5.69 Å². The standard InChI is InChI=1S/C31H33FN4O3/c1-5-34-29(19-39-18-22-12-7-6-8-13-22)33-36(31(34)38)28-16-27-24(15-26(28)32)30(37)25(17-35(27)20(2)3)23-14-10-9-11-21(23)4/h6-16,20,25H,5,17-19H2,1-4H3. The lowest BCUT2D eigenvalue weighted by Gasteiger charge is -2.38. The third-order valence-electron chi connectivity index (χ3n) is 7.35. The van der Waals surface area contributed by atoms with E-state index in [4.69, 9.17) is 4.74 Å². The summed E-state index contributed by atoms with van der Waals surface area (Å²) >= 11 is 0. The molecule has 1 aliphatic rings. The molecule has 202 valence electrons. The van der Waals surface area contributed by atoms with Crippen molar-refractivity contribution < 1.29 is 13.9 Å². The van der Waals surface area contributed by atoms with Gasteiger partial charge in [0.05, 0.1) is 18.2 Å². The topological polar surface area (TPSA) is 69.4 Å². The molecule has 2 heterocycles. The number of aromatic nitrogens is 3. The summed E-state index contributed by atoms with van der Waals surface area (Å²) in [4.78, 5) is 29.0. The van der Waals surface area contributed by atoms with E-state index in [9.17, 15) is 9.59 Å². The lowest BCUT2D eigenvalue weighted by molar-refractivity contribution is 0.0954. The highest BCUT2D eigenvalue weighted by atomic mass is 19.1. The molecule has 0 spiro atoms. The highest BCUT2D eigenvalue weighted by Crippen LogP contribution is 2.38. The van der Waals surface area contributed by atoms with Crippen molar-refractivity contribution in [2.45, 2.75) is 59.4 Å². The zero-order valence-electron chi connectivity index (χ0n) is 22.7. The number of ether oxygens (including phenoxy) is 1. The number of anilines is 1. The van der Waals surface area contributed by atoms with Gasteiger partial charge in [-0.05, 0) is 56.5 Å². The highest BCUT2D eigenvalue weighted by Gasteiger charge is 2.36. The first-order chi connectivity index (χ1) is 18.8. The quantitative estimate of drug-likeness (QED) is 0.306. The maximum Gasteiger partial charge on any atom is 0.350 e. The maximum atomic E-state index is 15.7. The van der Waals surface area contributed by atoms with Gasteiger partial charge in [-0.25, -0.2) is 9.18 Å². The minimum atomic E-state index is -0.671. The number of halogens is 1. The van der Waals surface area contributed by atoms with Crippen LogP contribution < -0.4 is 10.6 Å². The van der Waals surface area contributed by atoms with Crippen LogP contribution in [0.1, 0.15) is 59.6 Å². The fraction of sp³-hybridized carbons (Fsp3) is 0.323. The number of aryl methyl sites for hydroxylation is 1. The van der Waals surface area contributed by atoms with Gasteiger partial charge >= 0.3 is 5.69 Å². The third kappa shape index (κ3) is 5.04. The zero-order chi connectivity index (χ0) is 27.7. The Balaban J connectivity index is 1.51. The number of rotatable bonds is 8. The summed E-state index contributed by atoms with van der Waals surface area (Å²) in [6.45, 7) is 9.20. The second-order valence-electron chi connectivity index (χ2n) is 10.2. The van der Waals surface area contributed by atoms with Crippen LogP contribution in [0.5, 0.6) is 0 Å². The molecule has 0 N–H and O–H groups in total. The van der Waals surface area contributed by atoms with E-state index >= 15 is 4.39 Å². The fourth-order valence-electron chi connectivity index (χ4n) is 5.27. The molecule has 0 bridgehead atoms. The van der Waals surface area contributed by atoms with Crippen LogP contribution in [0.15, 0.2) is 71.5 Å². The van der Waals surface area contributed by atoms with Gasteiger partial charge in [0, 0.05) is 24.7 Å². The number of nitrogens with zero attached hydrogens (tertiary/aromatic N) is 4. The SMILES string of the molecule is CCn1c(COCc2ccccc2)nn(-c2cc3c(cc2F)C(=O)C(c2ccccc2C)CN3C(C)C)c1=O. The van der Waals surface area contributed by atoms with E-state index in [0.717, 1.165) is 21.4 Å². The summed E-state index contributed by atoms with van der Waals surface area (Å²) in [6.07, 6.45) is 0. The molecule has 0 amide bonds. The van der Waals surface area contributed by atoms with Crippen LogP contribution in [-0.2, 0) is 24.5 Å². The van der Waals surface area contributed by atoms with Gasteiger partial charge in [-0.3, -0.25) is 9.36 Å². The van der Waals surface area contributed by atoms with Crippen molar-refractivity contribution in [3.63, 3.8) is 0 Å². The summed E-state index contributed by atoms with van der Waals surface area (Å²) in [7, 11) is 0. The molecule has 8 heteroatoms. The average Bonchev–Trinajstić information content (AvgIpc) is 3.24. The first-order valence-corrected chi connectivity index (χ1v) is 13.3. The molecule has 0 saturated carbocycles. The van der Waals surface area contributed by atoms with Gasteiger partial charge in [0.25, 0.3) is 0 Å². The smallest absolute Gasteiger partial charge is 0.350 e. The van der Waals surface area contributed by atoms with Gasteiger partial charge in [-0.1, -0.05) is 54.6 Å². The third-order valence-corrected chi connectivity index (χ3v) is 7.35. The molecular weight excluding hydrogens is 495 g/mol. The van der Waals surface area contributed by atoms with Gasteiger partial charge in [0.1, 0.15) is 18.1 Å². The normalized spacial score (nSPS) is 15.2. The molecule has 7 nitrogen and oxygen atoms in total. The molecular formula is C31H33FN4O3. The van der Waals surface area contributed by atoms with Crippen molar-refractivity contribution in [1.29, 1.82) is 0 Å². The van der Waals surface area contributed by atoms with Crippen LogP contribution in [-0.4, -0.2) is 32.7 Å². The Bertz CT molecular complexity index is 1560. The molecule has 3 aromatic carbocycles. The van der Waals surface area contributed by atoms with Crippen LogP contribution in [0.2, 0.25) is 0 Å². The molecule has 0 saturated heterocycles. The van der Waals surface area contributed by atoms with E-state index in [2.05, 4.69) is 10.00 Å². The number of hydrogen-bond acceptors (Lipinski definition) is 5. The van der Waals surface area contributed by atoms with E-state index < -0.39 is 17.4 Å². The summed E-state index contributed by atoms with van der Waals surface area (Å²) in [5.41, 5.74) is 3.47. The Morgan fingerprint density at radius 1 is 1.00 bits per heavy atom. The average molecular weight is 529 g/mol. The summed E-state index contributed by atoms with van der Waals surface area (Å²) in [6, 6.07) is 20.4. The molecule has 1 aliphatic heterocycles. The number of hydrogen-bond donors (Lipinski definition) is 0. The van der Waals surface area contributed by atoms with E-state index in [1.165, 1.54) is 10.6 Å². The van der Waals surface area contributed by atoms with Crippen LogP contribution in [0.4, 0.5) is 10.1 Å².